The van der Waals surface area contributed by atoms with Crippen LogP contribution in [0.3, 0.4) is 0 Å². The summed E-state index contributed by atoms with van der Waals surface area (Å²) >= 11 is 0. The number of hydrogen-bond acceptors (Lipinski definition) is 4. The van der Waals surface area contributed by atoms with Crippen molar-refractivity contribution < 1.29 is 13.9 Å². The van der Waals surface area contributed by atoms with Gasteiger partial charge in [0.1, 0.15) is 24.3 Å². The molecule has 194 valence electrons. The van der Waals surface area contributed by atoms with Crippen LogP contribution < -0.4 is 9.47 Å². The highest BCUT2D eigenvalue weighted by molar-refractivity contribution is 5.64. The van der Waals surface area contributed by atoms with Gasteiger partial charge >= 0.3 is 0 Å². The van der Waals surface area contributed by atoms with Crippen LogP contribution in [0, 0.1) is 0 Å². The smallest absolute Gasteiger partial charge is 0.159 e. The van der Waals surface area contributed by atoms with Crippen LogP contribution in [0.1, 0.15) is 78.1 Å². The Morgan fingerprint density at radius 3 is 1.69 bits per heavy atom. The van der Waals surface area contributed by atoms with Gasteiger partial charge in [0, 0.05) is 23.5 Å². The zero-order chi connectivity index (χ0) is 25.4. The molecule has 3 rings (SSSR count). The quantitative estimate of drug-likeness (QED) is 0.177. The Hall–Kier alpha value is -2.95. The van der Waals surface area contributed by atoms with E-state index in [9.17, 15) is 4.39 Å². The van der Waals surface area contributed by atoms with E-state index in [0.717, 1.165) is 35.5 Å². The first-order valence-corrected chi connectivity index (χ1v) is 13.6. The van der Waals surface area contributed by atoms with E-state index >= 15 is 0 Å². The minimum atomic E-state index is -0.995. The lowest BCUT2D eigenvalue weighted by Crippen LogP contribution is -2.08. The zero-order valence-corrected chi connectivity index (χ0v) is 21.9. The largest absolute Gasteiger partial charge is 0.494 e. The summed E-state index contributed by atoms with van der Waals surface area (Å²) in [5.41, 5.74) is 2.90. The zero-order valence-electron chi connectivity index (χ0n) is 21.9. The molecule has 4 nitrogen and oxygen atoms in total. The molecule has 0 aliphatic rings. The van der Waals surface area contributed by atoms with Crippen molar-refractivity contribution in [3.05, 3.63) is 60.9 Å². The third-order valence-corrected chi connectivity index (χ3v) is 6.20. The van der Waals surface area contributed by atoms with Crippen LogP contribution in [0.2, 0.25) is 0 Å². The topological polar surface area (TPSA) is 44.2 Å². The second kappa shape index (κ2) is 15.9. The number of halogens is 1. The highest BCUT2D eigenvalue weighted by atomic mass is 19.1. The van der Waals surface area contributed by atoms with Crippen LogP contribution in [-0.2, 0) is 0 Å². The standard InChI is InChI=1S/C31H41FN2O2/c1-3-4-5-6-7-8-9-10-11-12-21-35-29-17-13-26(14-18-29)28-22-33-31(34-23-28)27-15-19-30(20-16-27)36-24-25(2)32/h13-20,22-23,25H,3-12,21,24H2,1-2H3. The van der Waals surface area contributed by atoms with E-state index < -0.39 is 6.17 Å². The summed E-state index contributed by atoms with van der Waals surface area (Å²) in [6.45, 7) is 4.56. The molecule has 0 saturated carbocycles. The van der Waals surface area contributed by atoms with Crippen LogP contribution in [0.4, 0.5) is 4.39 Å². The van der Waals surface area contributed by atoms with Crippen molar-refractivity contribution in [1.29, 1.82) is 0 Å². The molecule has 0 bridgehead atoms. The molecule has 0 radical (unpaired) electrons. The molecular weight excluding hydrogens is 451 g/mol. The van der Waals surface area contributed by atoms with Crippen LogP contribution in [0.25, 0.3) is 22.5 Å². The summed E-state index contributed by atoms with van der Waals surface area (Å²) < 4.78 is 24.2. The molecular formula is C31H41FN2O2. The Kier molecular flexibility index (Phi) is 12.2. The van der Waals surface area contributed by atoms with Crippen LogP contribution >= 0.6 is 0 Å². The van der Waals surface area contributed by atoms with Crippen molar-refractivity contribution in [3.63, 3.8) is 0 Å². The molecule has 1 unspecified atom stereocenters. The minimum Gasteiger partial charge on any atom is -0.494 e. The van der Waals surface area contributed by atoms with E-state index in [1.807, 2.05) is 60.9 Å². The van der Waals surface area contributed by atoms with Crippen LogP contribution in [0.15, 0.2) is 60.9 Å². The average Bonchev–Trinajstić information content (AvgIpc) is 2.91. The SMILES string of the molecule is CCCCCCCCCCCCOc1ccc(-c2cnc(-c3ccc(OCC(C)F)cc3)nc2)cc1. The summed E-state index contributed by atoms with van der Waals surface area (Å²) in [7, 11) is 0. The van der Waals surface area contributed by atoms with Gasteiger partial charge in [-0.3, -0.25) is 0 Å². The van der Waals surface area contributed by atoms with E-state index in [2.05, 4.69) is 16.9 Å². The predicted octanol–water partition coefficient (Wildman–Crippen LogP) is 8.85. The van der Waals surface area contributed by atoms with Gasteiger partial charge in [0.2, 0.25) is 0 Å². The molecule has 1 aromatic heterocycles. The van der Waals surface area contributed by atoms with Gasteiger partial charge in [0.15, 0.2) is 5.82 Å². The average molecular weight is 493 g/mol. The third kappa shape index (κ3) is 9.96. The fourth-order valence-electron chi connectivity index (χ4n) is 4.06. The predicted molar refractivity (Wildman–Crippen MR) is 146 cm³/mol. The number of aromatic nitrogens is 2. The fraction of sp³-hybridized carbons (Fsp3) is 0.484. The van der Waals surface area contributed by atoms with Crippen molar-refractivity contribution in [3.8, 4) is 34.0 Å². The van der Waals surface area contributed by atoms with Crippen LogP contribution in [-0.4, -0.2) is 29.4 Å². The lowest BCUT2D eigenvalue weighted by Gasteiger charge is -2.09. The van der Waals surface area contributed by atoms with Crippen molar-refractivity contribution in [2.75, 3.05) is 13.2 Å². The monoisotopic (exact) mass is 492 g/mol. The number of benzene rings is 2. The van der Waals surface area contributed by atoms with Gasteiger partial charge in [-0.05, 0) is 55.3 Å². The van der Waals surface area contributed by atoms with Gasteiger partial charge in [-0.25, -0.2) is 14.4 Å². The Balaban J connectivity index is 1.37. The number of ether oxygens (including phenoxy) is 2. The maximum atomic E-state index is 12.9. The third-order valence-electron chi connectivity index (χ3n) is 6.20. The first kappa shape index (κ1) is 27.6. The van der Waals surface area contributed by atoms with Gasteiger partial charge in [-0.1, -0.05) is 76.8 Å². The number of unbranched alkanes of at least 4 members (excludes halogenated alkanes) is 9. The molecule has 0 saturated heterocycles. The molecule has 0 aliphatic carbocycles. The van der Waals surface area contributed by atoms with Crippen molar-refractivity contribution in [2.45, 2.75) is 84.2 Å². The summed E-state index contributed by atoms with van der Waals surface area (Å²) in [6.07, 6.45) is 15.9. The highest BCUT2D eigenvalue weighted by Crippen LogP contribution is 2.24. The van der Waals surface area contributed by atoms with Crippen molar-refractivity contribution in [1.82, 2.24) is 9.97 Å². The Bertz CT molecular complexity index is 973. The maximum absolute atomic E-state index is 12.9. The van der Waals surface area contributed by atoms with Gasteiger partial charge in [-0.15, -0.1) is 0 Å². The Morgan fingerprint density at radius 1 is 0.639 bits per heavy atom. The van der Waals surface area contributed by atoms with Gasteiger partial charge in [-0.2, -0.15) is 0 Å². The highest BCUT2D eigenvalue weighted by Gasteiger charge is 2.06. The molecule has 1 heterocycles. The Labute approximate surface area is 216 Å². The second-order valence-electron chi connectivity index (χ2n) is 9.47. The maximum Gasteiger partial charge on any atom is 0.159 e. The number of alkyl halides is 1. The van der Waals surface area contributed by atoms with Gasteiger partial charge in [0.05, 0.1) is 6.61 Å². The van der Waals surface area contributed by atoms with Crippen molar-refractivity contribution in [2.24, 2.45) is 0 Å². The lowest BCUT2D eigenvalue weighted by molar-refractivity contribution is 0.210. The van der Waals surface area contributed by atoms with E-state index in [1.54, 1.807) is 0 Å². The summed E-state index contributed by atoms with van der Waals surface area (Å²) in [6, 6.07) is 15.5. The first-order valence-electron chi connectivity index (χ1n) is 13.6. The number of rotatable bonds is 17. The number of hydrogen-bond donors (Lipinski definition) is 0. The van der Waals surface area contributed by atoms with Crippen LogP contribution in [0.5, 0.6) is 11.5 Å². The van der Waals surface area contributed by atoms with E-state index in [4.69, 9.17) is 9.47 Å². The number of nitrogens with zero attached hydrogens (tertiary/aromatic N) is 2. The minimum absolute atomic E-state index is 0.0493. The summed E-state index contributed by atoms with van der Waals surface area (Å²) in [5, 5.41) is 0. The molecule has 0 amide bonds. The van der Waals surface area contributed by atoms with Gasteiger partial charge in [0.25, 0.3) is 0 Å². The van der Waals surface area contributed by atoms with Gasteiger partial charge < -0.3 is 9.47 Å². The summed E-state index contributed by atoms with van der Waals surface area (Å²) in [5.74, 6) is 2.17. The second-order valence-corrected chi connectivity index (χ2v) is 9.47. The first-order chi connectivity index (χ1) is 17.7. The normalized spacial score (nSPS) is 11.9. The lowest BCUT2D eigenvalue weighted by atomic mass is 10.1. The van der Waals surface area contributed by atoms with E-state index in [-0.39, 0.29) is 6.61 Å². The molecule has 0 spiro atoms. The molecule has 3 aromatic rings. The molecule has 0 aliphatic heterocycles. The molecule has 36 heavy (non-hydrogen) atoms. The summed E-state index contributed by atoms with van der Waals surface area (Å²) in [4.78, 5) is 9.04. The van der Waals surface area contributed by atoms with Crippen molar-refractivity contribution >= 4 is 0 Å². The molecule has 2 aromatic carbocycles. The molecule has 0 fully saturated rings. The van der Waals surface area contributed by atoms with E-state index in [0.29, 0.717) is 11.6 Å². The molecule has 1 atom stereocenters. The fourth-order valence-corrected chi connectivity index (χ4v) is 4.06. The Morgan fingerprint density at radius 2 is 1.14 bits per heavy atom. The molecule has 5 heteroatoms. The van der Waals surface area contributed by atoms with E-state index in [1.165, 1.54) is 64.7 Å². The molecule has 0 N–H and O–H groups in total.